The Morgan fingerprint density at radius 2 is 0.538 bits per heavy atom. The molecule has 0 amide bonds. The van der Waals surface area contributed by atoms with E-state index in [1.807, 2.05) is 0 Å². The number of carbonyl (C=O) groups is 4. The predicted molar refractivity (Wildman–Crippen MR) is 24.3 cm³/mol. The van der Waals surface area contributed by atoms with Gasteiger partial charge in [-0.15, -0.1) is 0 Å². The molecular weight excluding hydrogens is 420 g/mol. The molecule has 0 radical (unpaired) electrons. The molecule has 13 heavy (non-hydrogen) atoms. The third-order valence-electron chi connectivity index (χ3n) is 0. The fraction of sp³-hybridized carbons (Fsp3) is 0. The topological polar surface area (TPSA) is 161 Å². The Bertz CT molecular complexity index is 70.1. The van der Waals surface area contributed by atoms with Crippen molar-refractivity contribution in [3.8, 4) is 0 Å². The maximum Gasteiger partial charge on any atom is 0.0275 e. The molecule has 0 saturated carbocycles. The molecule has 78 valence electrons. The van der Waals surface area contributed by atoms with Crippen molar-refractivity contribution >= 4 is 25.9 Å². The molecule has 0 heterocycles. The molecule has 0 aromatic carbocycles. The van der Waals surface area contributed by atoms with Crippen LogP contribution >= 0.6 is 0 Å². The van der Waals surface area contributed by atoms with E-state index in [-0.39, 0.29) is 29.2 Å². The molecule has 0 bridgehead atoms. The van der Waals surface area contributed by atoms with E-state index in [2.05, 4.69) is 0 Å². The van der Waals surface area contributed by atoms with Crippen LogP contribution in [0.3, 0.4) is 0 Å². The Balaban J connectivity index is -0.0000000213. The van der Waals surface area contributed by atoms with Crippen LogP contribution < -0.4 is 20.4 Å². The SMILES string of the molecule is O=C[O-].O=C[O-].O=C[O-].O=C[O-].[Pu]. The van der Waals surface area contributed by atoms with Crippen molar-refractivity contribution in [2.24, 2.45) is 0 Å². The first-order valence-electron chi connectivity index (χ1n) is 1.89. The van der Waals surface area contributed by atoms with Crippen molar-refractivity contribution in [3.05, 3.63) is 0 Å². The Labute approximate surface area is 94.7 Å². The molecule has 0 aromatic heterocycles. The van der Waals surface area contributed by atoms with Crippen molar-refractivity contribution in [3.63, 3.8) is 0 Å². The summed E-state index contributed by atoms with van der Waals surface area (Å²) in [5.41, 5.74) is 0. The quantitative estimate of drug-likeness (QED) is 0.347. The van der Waals surface area contributed by atoms with E-state index in [9.17, 15) is 0 Å². The fourth-order valence-corrected chi connectivity index (χ4v) is 0. The van der Waals surface area contributed by atoms with Crippen molar-refractivity contribution < 1.29 is 68.8 Å². The van der Waals surface area contributed by atoms with E-state index in [1.165, 1.54) is 0 Å². The number of rotatable bonds is 0. The van der Waals surface area contributed by atoms with Crippen LogP contribution in [0.2, 0.25) is 0 Å². The molecule has 9 heteroatoms. The monoisotopic (exact) mass is 418 g/mol. The molecule has 0 rings (SSSR count). The number of carbonyl (C=O) groups excluding carboxylic acids is 4. The summed E-state index contributed by atoms with van der Waals surface area (Å²) in [5.74, 6) is 0. The van der Waals surface area contributed by atoms with Gasteiger partial charge in [0.05, 0.1) is 0 Å². The minimum absolute atomic E-state index is 0. The van der Waals surface area contributed by atoms with Gasteiger partial charge >= 0.3 is 0 Å². The molecule has 0 aromatic rings. The fourth-order valence-electron chi connectivity index (χ4n) is 0. The van der Waals surface area contributed by atoms with E-state index >= 15 is 0 Å². The first-order chi connectivity index (χ1) is 5.66. The second kappa shape index (κ2) is 129. The maximum absolute atomic E-state index is 8.25. The molecule has 0 atom stereocenters. The molecule has 0 spiro atoms. The first-order valence-corrected chi connectivity index (χ1v) is 1.89. The van der Waals surface area contributed by atoms with Crippen LogP contribution in [-0.4, -0.2) is 25.9 Å². The van der Waals surface area contributed by atoms with Crippen LogP contribution in [0.15, 0.2) is 0 Å². The van der Waals surface area contributed by atoms with Gasteiger partial charge in [0.1, 0.15) is 0 Å². The van der Waals surface area contributed by atoms with E-state index < -0.39 is 25.9 Å². The number of carboxylic acid groups (broad SMARTS) is 4. The van der Waals surface area contributed by atoms with Crippen molar-refractivity contribution in [1.29, 1.82) is 0 Å². The normalized spacial score (nSPS) is 3.69. The summed E-state index contributed by atoms with van der Waals surface area (Å²) >= 11 is 0. The summed E-state index contributed by atoms with van der Waals surface area (Å²) in [7, 11) is 0. The summed E-state index contributed by atoms with van der Waals surface area (Å²) in [6, 6.07) is 0. The van der Waals surface area contributed by atoms with E-state index in [0.717, 1.165) is 0 Å². The largest absolute Gasteiger partial charge is 0.554 e. The van der Waals surface area contributed by atoms with Gasteiger partial charge in [0.2, 0.25) is 0 Å². The minimum atomic E-state index is -0.500. The molecule has 0 aliphatic carbocycles. The Morgan fingerprint density at radius 3 is 0.538 bits per heavy atom. The van der Waals surface area contributed by atoms with Crippen LogP contribution in [0.25, 0.3) is 0 Å². The van der Waals surface area contributed by atoms with Gasteiger partial charge in [-0.2, -0.15) is 0 Å². The minimum Gasteiger partial charge on any atom is -0.554 e. The zero-order valence-electron chi connectivity index (χ0n) is 5.98. The van der Waals surface area contributed by atoms with Crippen molar-refractivity contribution in [2.45, 2.75) is 0 Å². The Hall–Kier alpha value is -1.13. The average molecular weight is 424 g/mol. The van der Waals surface area contributed by atoms with Crippen molar-refractivity contribution in [1.82, 2.24) is 0 Å². The summed E-state index contributed by atoms with van der Waals surface area (Å²) in [6.45, 7) is -2.00. The van der Waals surface area contributed by atoms with E-state index in [1.54, 1.807) is 0 Å². The molecule has 0 unspecified atom stereocenters. The van der Waals surface area contributed by atoms with Crippen LogP contribution in [0.5, 0.6) is 0 Å². The molecular formula is C4H4O8Pu-4. The number of hydrogen-bond donors (Lipinski definition) is 0. The van der Waals surface area contributed by atoms with E-state index in [4.69, 9.17) is 39.6 Å². The van der Waals surface area contributed by atoms with Crippen LogP contribution in [-0.2, 0) is 19.2 Å². The Kier molecular flexibility index (Phi) is 294. The average Bonchev–Trinajstić information content (AvgIpc) is 1.92. The second-order valence-corrected chi connectivity index (χ2v) is 0.385. The van der Waals surface area contributed by atoms with E-state index in [0.29, 0.717) is 0 Å². The summed E-state index contributed by atoms with van der Waals surface area (Å²) in [6.07, 6.45) is 0. The third kappa shape index (κ3) is 666. The van der Waals surface area contributed by atoms with Gasteiger partial charge in [0, 0.05) is 55.1 Å². The van der Waals surface area contributed by atoms with Crippen molar-refractivity contribution in [2.75, 3.05) is 0 Å². The van der Waals surface area contributed by atoms with Crippen LogP contribution in [0, 0.1) is 29.2 Å². The summed E-state index contributed by atoms with van der Waals surface area (Å²) in [5, 5.41) is 33.0. The van der Waals surface area contributed by atoms with Gasteiger partial charge in [0.25, 0.3) is 0 Å². The standard InChI is InChI=1S/4CH2O2.Pu/c4*2-1-3;/h4*1H,(H,2,3);/p-4. The zero-order chi connectivity index (χ0) is 10.8. The van der Waals surface area contributed by atoms with Gasteiger partial charge in [-0.25, -0.2) is 0 Å². The van der Waals surface area contributed by atoms with Gasteiger partial charge < -0.3 is 39.6 Å². The molecule has 8 nitrogen and oxygen atoms in total. The van der Waals surface area contributed by atoms with Gasteiger partial charge in [-0.1, -0.05) is 0 Å². The third-order valence-corrected chi connectivity index (χ3v) is 0. The smallest absolute Gasteiger partial charge is 0.0275 e. The zero-order valence-corrected chi connectivity index (χ0v) is 9.38. The Morgan fingerprint density at radius 1 is 0.538 bits per heavy atom. The number of hydrogen-bond acceptors (Lipinski definition) is 8. The predicted octanol–water partition coefficient (Wildman–Crippen LogP) is -6.54. The van der Waals surface area contributed by atoms with Crippen LogP contribution in [0.1, 0.15) is 0 Å². The van der Waals surface area contributed by atoms with Gasteiger partial charge in [-0.3, -0.25) is 0 Å². The molecule has 0 saturated heterocycles. The molecule has 0 N–H and O–H groups in total. The molecule has 0 aliphatic rings. The second-order valence-electron chi connectivity index (χ2n) is 0.385. The summed E-state index contributed by atoms with van der Waals surface area (Å²) < 4.78 is 0. The molecule has 0 fully saturated rings. The molecule has 0 aliphatic heterocycles. The maximum atomic E-state index is 8.25. The first kappa shape index (κ1) is 29.7. The van der Waals surface area contributed by atoms with Gasteiger partial charge in [-0.05, 0) is 0 Å². The van der Waals surface area contributed by atoms with Gasteiger partial charge in [0.15, 0.2) is 0 Å². The summed E-state index contributed by atoms with van der Waals surface area (Å²) in [4.78, 5) is 33.0. The van der Waals surface area contributed by atoms with Crippen LogP contribution in [0.4, 0.5) is 0 Å².